The van der Waals surface area contributed by atoms with Crippen molar-refractivity contribution in [3.8, 4) is 5.75 Å². The second-order valence-corrected chi connectivity index (χ2v) is 9.50. The number of rotatable bonds is 6. The minimum absolute atomic E-state index is 0.172. The van der Waals surface area contributed by atoms with Gasteiger partial charge in [0.15, 0.2) is 0 Å². The van der Waals surface area contributed by atoms with Gasteiger partial charge in [-0.25, -0.2) is 4.79 Å². The van der Waals surface area contributed by atoms with Gasteiger partial charge in [0.05, 0.1) is 23.9 Å². The Morgan fingerprint density at radius 3 is 2.56 bits per heavy atom. The minimum Gasteiger partial charge on any atom is -0.497 e. The van der Waals surface area contributed by atoms with Crippen molar-refractivity contribution in [2.24, 2.45) is 7.05 Å². The van der Waals surface area contributed by atoms with Crippen molar-refractivity contribution in [2.75, 3.05) is 7.11 Å². The van der Waals surface area contributed by atoms with E-state index in [0.717, 1.165) is 26.0 Å². The fourth-order valence-corrected chi connectivity index (χ4v) is 4.74. The molecule has 1 N–H and O–H groups in total. The highest BCUT2D eigenvalue weighted by Gasteiger charge is 2.18. The fraction of sp³-hybridized carbons (Fsp3) is 0.174. The van der Waals surface area contributed by atoms with Gasteiger partial charge in [-0.05, 0) is 64.0 Å². The van der Waals surface area contributed by atoms with Crippen molar-refractivity contribution in [1.82, 2.24) is 14.5 Å². The molecule has 164 valence electrons. The van der Waals surface area contributed by atoms with Gasteiger partial charge in [0.25, 0.3) is 11.5 Å². The van der Waals surface area contributed by atoms with Crippen molar-refractivity contribution in [3.63, 3.8) is 0 Å². The zero-order chi connectivity index (χ0) is 22.8. The van der Waals surface area contributed by atoms with Crippen LogP contribution in [0, 0.1) is 3.57 Å². The number of carbonyl (C=O) groups excluding carboxylic acids is 1. The van der Waals surface area contributed by atoms with Crippen LogP contribution in [0.2, 0.25) is 0 Å². The molecule has 0 aliphatic heterocycles. The van der Waals surface area contributed by atoms with E-state index in [9.17, 15) is 14.4 Å². The maximum atomic E-state index is 13.1. The van der Waals surface area contributed by atoms with Gasteiger partial charge < -0.3 is 10.1 Å². The van der Waals surface area contributed by atoms with Gasteiger partial charge in [-0.2, -0.15) is 0 Å². The number of amides is 1. The molecule has 2 aromatic carbocycles. The lowest BCUT2D eigenvalue weighted by molar-refractivity contribution is 0.0955. The number of fused-ring (bicyclic) bond motifs is 1. The molecule has 4 aromatic rings. The lowest BCUT2D eigenvalue weighted by atomic mass is 10.2. The van der Waals surface area contributed by atoms with Crippen LogP contribution in [0.1, 0.15) is 20.8 Å². The third kappa shape index (κ3) is 4.49. The van der Waals surface area contributed by atoms with E-state index in [1.807, 2.05) is 48.5 Å². The second kappa shape index (κ2) is 9.29. The summed E-state index contributed by atoms with van der Waals surface area (Å²) >= 11 is 3.34. The van der Waals surface area contributed by atoms with E-state index < -0.39 is 11.2 Å². The molecular formula is C23H20IN3O4S. The Morgan fingerprint density at radius 1 is 1.09 bits per heavy atom. The van der Waals surface area contributed by atoms with Gasteiger partial charge in [0, 0.05) is 17.2 Å². The zero-order valence-corrected chi connectivity index (χ0v) is 20.4. The van der Waals surface area contributed by atoms with Gasteiger partial charge in [-0.15, -0.1) is 11.3 Å². The summed E-state index contributed by atoms with van der Waals surface area (Å²) in [4.78, 5) is 39.5. The summed E-state index contributed by atoms with van der Waals surface area (Å²) in [6.45, 7) is 0.492. The van der Waals surface area contributed by atoms with E-state index in [2.05, 4.69) is 27.9 Å². The molecule has 1 amide bonds. The Labute approximate surface area is 201 Å². The van der Waals surface area contributed by atoms with Gasteiger partial charge in [0.2, 0.25) is 0 Å². The zero-order valence-electron chi connectivity index (χ0n) is 17.4. The molecule has 0 saturated carbocycles. The molecule has 0 aliphatic carbocycles. The predicted molar refractivity (Wildman–Crippen MR) is 134 cm³/mol. The van der Waals surface area contributed by atoms with Gasteiger partial charge in [-0.1, -0.05) is 24.3 Å². The SMILES string of the molecule is COc1cccc(CNC(=O)c2cc3c(=O)n(Cc4ccc(I)cc4)c(=O)n(C)c3s2)c1. The number of nitrogens with one attached hydrogen (secondary N) is 1. The number of aryl methyl sites for hydroxylation is 1. The van der Waals surface area contributed by atoms with Crippen LogP contribution in [-0.4, -0.2) is 22.2 Å². The monoisotopic (exact) mass is 561 g/mol. The maximum Gasteiger partial charge on any atom is 0.332 e. The van der Waals surface area contributed by atoms with Crippen LogP contribution >= 0.6 is 33.9 Å². The molecule has 0 aliphatic rings. The van der Waals surface area contributed by atoms with E-state index in [1.54, 1.807) is 20.2 Å². The van der Waals surface area contributed by atoms with E-state index in [1.165, 1.54) is 9.13 Å². The molecule has 32 heavy (non-hydrogen) atoms. The van der Waals surface area contributed by atoms with Crippen LogP contribution in [0.5, 0.6) is 5.75 Å². The molecule has 2 heterocycles. The van der Waals surface area contributed by atoms with Crippen molar-refractivity contribution < 1.29 is 9.53 Å². The number of hydrogen-bond donors (Lipinski definition) is 1. The van der Waals surface area contributed by atoms with Gasteiger partial charge in [-0.3, -0.25) is 18.7 Å². The molecule has 0 atom stereocenters. The van der Waals surface area contributed by atoms with Crippen molar-refractivity contribution in [3.05, 3.63) is 95.0 Å². The molecule has 0 unspecified atom stereocenters. The first-order chi connectivity index (χ1) is 15.4. The number of halogens is 1. The Hall–Kier alpha value is -2.92. The van der Waals surface area contributed by atoms with E-state index in [-0.39, 0.29) is 12.5 Å². The predicted octanol–water partition coefficient (Wildman–Crippen LogP) is 3.35. The molecule has 0 spiro atoms. The molecular weight excluding hydrogens is 541 g/mol. The first-order valence-electron chi connectivity index (χ1n) is 9.76. The smallest absolute Gasteiger partial charge is 0.332 e. The lowest BCUT2D eigenvalue weighted by Crippen LogP contribution is -2.38. The molecule has 9 heteroatoms. The average molecular weight is 561 g/mol. The first kappa shape index (κ1) is 22.3. The summed E-state index contributed by atoms with van der Waals surface area (Å²) < 4.78 is 8.90. The lowest BCUT2D eigenvalue weighted by Gasteiger charge is -2.08. The highest BCUT2D eigenvalue weighted by molar-refractivity contribution is 14.1. The van der Waals surface area contributed by atoms with E-state index in [0.29, 0.717) is 27.4 Å². The molecule has 0 bridgehead atoms. The Balaban J connectivity index is 1.63. The maximum absolute atomic E-state index is 13.1. The largest absolute Gasteiger partial charge is 0.497 e. The summed E-state index contributed by atoms with van der Waals surface area (Å²) in [5, 5.41) is 3.22. The number of thiophene rings is 1. The number of methoxy groups -OCH3 is 1. The molecule has 0 radical (unpaired) electrons. The summed E-state index contributed by atoms with van der Waals surface area (Å²) in [6, 6.07) is 16.6. The summed E-state index contributed by atoms with van der Waals surface area (Å²) in [7, 11) is 3.20. The topological polar surface area (TPSA) is 82.3 Å². The Kier molecular flexibility index (Phi) is 6.47. The van der Waals surface area contributed by atoms with Crippen molar-refractivity contribution in [2.45, 2.75) is 13.1 Å². The number of hydrogen-bond acceptors (Lipinski definition) is 5. The normalized spacial score (nSPS) is 11.0. The van der Waals surface area contributed by atoms with Crippen molar-refractivity contribution in [1.29, 1.82) is 0 Å². The fourth-order valence-electron chi connectivity index (χ4n) is 3.36. The third-order valence-electron chi connectivity index (χ3n) is 5.08. The van der Waals surface area contributed by atoms with Gasteiger partial charge >= 0.3 is 5.69 Å². The quantitative estimate of drug-likeness (QED) is 0.367. The van der Waals surface area contributed by atoms with Crippen LogP contribution in [-0.2, 0) is 20.1 Å². The summed E-state index contributed by atoms with van der Waals surface area (Å²) in [5.74, 6) is 0.410. The number of benzene rings is 2. The molecule has 7 nitrogen and oxygen atoms in total. The van der Waals surface area contributed by atoms with Crippen LogP contribution in [0.25, 0.3) is 10.2 Å². The van der Waals surface area contributed by atoms with E-state index >= 15 is 0 Å². The highest BCUT2D eigenvalue weighted by Crippen LogP contribution is 2.22. The molecule has 4 rings (SSSR count). The van der Waals surface area contributed by atoms with Crippen LogP contribution in [0.4, 0.5) is 0 Å². The number of nitrogens with zero attached hydrogens (tertiary/aromatic N) is 2. The second-order valence-electron chi connectivity index (χ2n) is 7.22. The number of ether oxygens (including phenoxy) is 1. The number of carbonyl (C=O) groups is 1. The number of aromatic nitrogens is 2. The minimum atomic E-state index is -0.411. The van der Waals surface area contributed by atoms with Crippen LogP contribution in [0.3, 0.4) is 0 Å². The summed E-state index contributed by atoms with van der Waals surface area (Å²) in [5.41, 5.74) is 0.942. The summed E-state index contributed by atoms with van der Waals surface area (Å²) in [6.07, 6.45) is 0. The Morgan fingerprint density at radius 2 is 1.84 bits per heavy atom. The molecule has 2 aromatic heterocycles. The molecule has 0 saturated heterocycles. The van der Waals surface area contributed by atoms with Gasteiger partial charge in [0.1, 0.15) is 10.6 Å². The van der Waals surface area contributed by atoms with Crippen LogP contribution < -0.4 is 21.3 Å². The van der Waals surface area contributed by atoms with Crippen LogP contribution in [0.15, 0.2) is 64.2 Å². The van der Waals surface area contributed by atoms with Crippen molar-refractivity contribution >= 4 is 50.1 Å². The average Bonchev–Trinajstić information content (AvgIpc) is 3.26. The Bertz CT molecular complexity index is 1420. The van der Waals surface area contributed by atoms with E-state index in [4.69, 9.17) is 4.74 Å². The third-order valence-corrected chi connectivity index (χ3v) is 7.00. The first-order valence-corrected chi connectivity index (χ1v) is 11.7. The standard InChI is InChI=1S/C23H20IN3O4S/c1-26-22-18(21(29)27(23(26)30)13-14-6-8-16(24)9-7-14)11-19(32-22)20(28)25-12-15-4-3-5-17(10-15)31-2/h3-11H,12-13H2,1-2H3,(H,25,28). The molecule has 0 fully saturated rings. The highest BCUT2D eigenvalue weighted by atomic mass is 127.